The van der Waals surface area contributed by atoms with E-state index in [-0.39, 0.29) is 28.7 Å². The lowest BCUT2D eigenvalue weighted by Gasteiger charge is -2.19. The van der Waals surface area contributed by atoms with Gasteiger partial charge >= 0.3 is 0 Å². The molecule has 0 radical (unpaired) electrons. The van der Waals surface area contributed by atoms with Crippen LogP contribution < -0.4 is 5.32 Å². The van der Waals surface area contributed by atoms with Crippen molar-refractivity contribution in [2.45, 2.75) is 30.6 Å². The van der Waals surface area contributed by atoms with Gasteiger partial charge in [-0.3, -0.25) is 4.79 Å². The van der Waals surface area contributed by atoms with Crippen LogP contribution in [0.5, 0.6) is 0 Å². The minimum Gasteiger partial charge on any atom is -0.348 e. The van der Waals surface area contributed by atoms with Crippen LogP contribution in [0.15, 0.2) is 24.3 Å². The predicted molar refractivity (Wildman–Crippen MR) is 94.6 cm³/mol. The summed E-state index contributed by atoms with van der Waals surface area (Å²) in [4.78, 5) is 12.2. The van der Waals surface area contributed by atoms with E-state index in [2.05, 4.69) is 5.32 Å². The van der Waals surface area contributed by atoms with Crippen LogP contribution in [-0.2, 0) is 14.6 Å². The number of nitrogens with one attached hydrogen (secondary N) is 1. The van der Waals surface area contributed by atoms with E-state index in [0.29, 0.717) is 23.1 Å². The average Bonchev–Trinajstić information content (AvgIpc) is 3.28. The van der Waals surface area contributed by atoms with Gasteiger partial charge in [-0.1, -0.05) is 23.7 Å². The standard InChI is InChI=1S/C16H20ClNO3S2/c17-13-5-3-12(4-6-13)16(11-1-2-11)18-15(19)9-22-14-7-8-23(20,21)10-14/h3-6,11,14,16H,1-2,7-10H2,(H,18,19). The van der Waals surface area contributed by atoms with Gasteiger partial charge in [0.25, 0.3) is 0 Å². The Morgan fingerprint density at radius 1 is 1.26 bits per heavy atom. The molecule has 4 nitrogen and oxygen atoms in total. The fourth-order valence-corrected chi connectivity index (χ4v) is 6.45. The van der Waals surface area contributed by atoms with Crippen LogP contribution in [0.2, 0.25) is 5.02 Å². The number of halogens is 1. The van der Waals surface area contributed by atoms with E-state index in [1.165, 1.54) is 11.8 Å². The van der Waals surface area contributed by atoms with E-state index in [9.17, 15) is 13.2 Å². The van der Waals surface area contributed by atoms with Gasteiger partial charge in [0.1, 0.15) is 0 Å². The Labute approximate surface area is 146 Å². The third-order valence-corrected chi connectivity index (χ3v) is 7.81. The lowest BCUT2D eigenvalue weighted by molar-refractivity contribution is -0.119. The summed E-state index contributed by atoms with van der Waals surface area (Å²) >= 11 is 7.38. The van der Waals surface area contributed by atoms with Crippen molar-refractivity contribution in [1.82, 2.24) is 5.32 Å². The van der Waals surface area contributed by atoms with Crippen LogP contribution in [0, 0.1) is 5.92 Å². The highest BCUT2D eigenvalue weighted by Gasteiger charge is 2.34. The molecule has 1 saturated carbocycles. The van der Waals surface area contributed by atoms with Gasteiger partial charge in [0.15, 0.2) is 9.84 Å². The quantitative estimate of drug-likeness (QED) is 0.832. The molecule has 7 heteroatoms. The number of thioether (sulfide) groups is 1. The van der Waals surface area contributed by atoms with Crippen molar-refractivity contribution in [2.75, 3.05) is 17.3 Å². The third kappa shape index (κ3) is 4.88. The maximum absolute atomic E-state index is 12.2. The minimum absolute atomic E-state index is 0.0221. The van der Waals surface area contributed by atoms with Gasteiger partial charge < -0.3 is 5.32 Å². The highest BCUT2D eigenvalue weighted by atomic mass is 35.5. The minimum atomic E-state index is -2.88. The molecular formula is C16H20ClNO3S2. The van der Waals surface area contributed by atoms with Crippen molar-refractivity contribution in [1.29, 1.82) is 0 Å². The molecule has 1 heterocycles. The average molecular weight is 374 g/mol. The number of hydrogen-bond acceptors (Lipinski definition) is 4. The fraction of sp³-hybridized carbons (Fsp3) is 0.562. The zero-order chi connectivity index (χ0) is 16.4. The SMILES string of the molecule is O=C(CSC1CCS(=O)(=O)C1)NC(c1ccc(Cl)cc1)C1CC1. The molecule has 0 bridgehead atoms. The Bertz CT molecular complexity index is 671. The van der Waals surface area contributed by atoms with Gasteiger partial charge in [0.05, 0.1) is 23.3 Å². The molecule has 1 aliphatic carbocycles. The largest absolute Gasteiger partial charge is 0.348 e. The summed E-state index contributed by atoms with van der Waals surface area (Å²) < 4.78 is 22.9. The normalized spacial score (nSPS) is 24.3. The molecule has 1 aromatic carbocycles. The molecule has 3 rings (SSSR count). The molecule has 23 heavy (non-hydrogen) atoms. The number of carbonyl (C=O) groups excluding carboxylic acids is 1. The van der Waals surface area contributed by atoms with Crippen LogP contribution in [0.3, 0.4) is 0 Å². The van der Waals surface area contributed by atoms with Crippen LogP contribution in [-0.4, -0.2) is 36.8 Å². The molecular weight excluding hydrogens is 354 g/mol. The fourth-order valence-electron chi connectivity index (χ4n) is 2.87. The Hall–Kier alpha value is -0.720. The summed E-state index contributed by atoms with van der Waals surface area (Å²) in [5.74, 6) is 1.25. The first-order valence-corrected chi connectivity index (χ1v) is 11.0. The number of carbonyl (C=O) groups is 1. The topological polar surface area (TPSA) is 63.2 Å². The molecule has 1 amide bonds. The van der Waals surface area contributed by atoms with Gasteiger partial charge in [-0.05, 0) is 42.9 Å². The second kappa shape index (κ2) is 7.03. The van der Waals surface area contributed by atoms with Crippen molar-refractivity contribution >= 4 is 39.1 Å². The van der Waals surface area contributed by atoms with E-state index in [1.54, 1.807) is 0 Å². The lowest BCUT2D eigenvalue weighted by atomic mass is 10.0. The maximum Gasteiger partial charge on any atom is 0.230 e. The Morgan fingerprint density at radius 3 is 2.52 bits per heavy atom. The van der Waals surface area contributed by atoms with E-state index < -0.39 is 9.84 Å². The summed E-state index contributed by atoms with van der Waals surface area (Å²) in [7, 11) is -2.88. The highest BCUT2D eigenvalue weighted by Crippen LogP contribution is 2.41. The number of benzene rings is 1. The smallest absolute Gasteiger partial charge is 0.230 e. The first-order chi connectivity index (χ1) is 10.9. The Kier molecular flexibility index (Phi) is 5.23. The number of hydrogen-bond donors (Lipinski definition) is 1. The molecule has 126 valence electrons. The van der Waals surface area contributed by atoms with E-state index in [0.717, 1.165) is 18.4 Å². The molecule has 0 spiro atoms. The monoisotopic (exact) mass is 373 g/mol. The van der Waals surface area contributed by atoms with E-state index >= 15 is 0 Å². The van der Waals surface area contributed by atoms with Crippen molar-refractivity contribution in [3.63, 3.8) is 0 Å². The van der Waals surface area contributed by atoms with Gasteiger partial charge in [-0.15, -0.1) is 11.8 Å². The predicted octanol–water partition coefficient (Wildman–Crippen LogP) is 2.83. The molecule has 1 aromatic rings. The summed E-state index contributed by atoms with van der Waals surface area (Å²) in [5, 5.41) is 3.85. The van der Waals surface area contributed by atoms with Gasteiger partial charge in [0, 0.05) is 10.3 Å². The molecule has 1 saturated heterocycles. The summed E-state index contributed by atoms with van der Waals surface area (Å²) in [6.45, 7) is 0. The molecule has 2 aliphatic rings. The van der Waals surface area contributed by atoms with Crippen molar-refractivity contribution < 1.29 is 13.2 Å². The van der Waals surface area contributed by atoms with Crippen molar-refractivity contribution in [2.24, 2.45) is 5.92 Å². The molecule has 1 aliphatic heterocycles. The van der Waals surface area contributed by atoms with E-state index in [1.807, 2.05) is 24.3 Å². The maximum atomic E-state index is 12.2. The van der Waals surface area contributed by atoms with E-state index in [4.69, 9.17) is 11.6 Å². The number of rotatable bonds is 6. The third-order valence-electron chi connectivity index (χ3n) is 4.28. The number of amides is 1. The molecule has 2 unspecified atom stereocenters. The zero-order valence-corrected chi connectivity index (χ0v) is 15.1. The Morgan fingerprint density at radius 2 is 1.96 bits per heavy atom. The summed E-state index contributed by atoms with van der Waals surface area (Å²) in [6.07, 6.45) is 2.91. The molecule has 1 N–H and O–H groups in total. The number of sulfone groups is 1. The van der Waals surface area contributed by atoms with Crippen LogP contribution in [0.4, 0.5) is 0 Å². The zero-order valence-electron chi connectivity index (χ0n) is 12.7. The van der Waals surface area contributed by atoms with Crippen LogP contribution in [0.1, 0.15) is 30.9 Å². The molecule has 2 fully saturated rings. The van der Waals surface area contributed by atoms with Gasteiger partial charge in [-0.25, -0.2) is 8.42 Å². The van der Waals surface area contributed by atoms with Crippen LogP contribution >= 0.6 is 23.4 Å². The Balaban J connectivity index is 1.54. The second-order valence-corrected chi connectivity index (χ2v) is 10.2. The van der Waals surface area contributed by atoms with Crippen molar-refractivity contribution in [3.8, 4) is 0 Å². The first kappa shape index (κ1) is 17.1. The molecule has 0 aromatic heterocycles. The highest BCUT2D eigenvalue weighted by molar-refractivity contribution is 8.02. The van der Waals surface area contributed by atoms with Crippen LogP contribution in [0.25, 0.3) is 0 Å². The van der Waals surface area contributed by atoms with Gasteiger partial charge in [-0.2, -0.15) is 0 Å². The second-order valence-electron chi connectivity index (χ2n) is 6.27. The first-order valence-electron chi connectivity index (χ1n) is 7.80. The van der Waals surface area contributed by atoms with Crippen molar-refractivity contribution in [3.05, 3.63) is 34.9 Å². The van der Waals surface area contributed by atoms with Gasteiger partial charge in [0.2, 0.25) is 5.91 Å². The molecule has 2 atom stereocenters. The summed E-state index contributed by atoms with van der Waals surface area (Å²) in [6, 6.07) is 7.64. The lowest BCUT2D eigenvalue weighted by Crippen LogP contribution is -2.31. The summed E-state index contributed by atoms with van der Waals surface area (Å²) in [5.41, 5.74) is 1.08.